The van der Waals surface area contributed by atoms with Crippen molar-refractivity contribution in [2.45, 2.75) is 69.8 Å². The molecule has 4 fully saturated rings. The lowest BCUT2D eigenvalue weighted by atomic mass is 9.74. The number of quaternary nitrogens is 1. The lowest BCUT2D eigenvalue weighted by Crippen LogP contribution is -3.00. The minimum Gasteiger partial charge on any atom is -1.00 e. The molecule has 212 valence electrons. The second-order valence-electron chi connectivity index (χ2n) is 11.4. The van der Waals surface area contributed by atoms with E-state index in [1.165, 1.54) is 17.2 Å². The summed E-state index contributed by atoms with van der Waals surface area (Å²) >= 11 is 0. The highest BCUT2D eigenvalue weighted by Gasteiger charge is 2.51. The van der Waals surface area contributed by atoms with Gasteiger partial charge in [0.25, 0.3) is 0 Å². The molecule has 6 rings (SSSR count). The van der Waals surface area contributed by atoms with Gasteiger partial charge in [0.15, 0.2) is 18.4 Å². The van der Waals surface area contributed by atoms with E-state index in [4.69, 9.17) is 9.57 Å². The molecular formula is C31H40BrFN2O4. The quantitative estimate of drug-likeness (QED) is 0.202. The van der Waals surface area contributed by atoms with Gasteiger partial charge >= 0.3 is 11.9 Å². The molecule has 1 saturated carbocycles. The van der Waals surface area contributed by atoms with E-state index in [0.717, 1.165) is 70.0 Å². The van der Waals surface area contributed by atoms with Crippen LogP contribution in [0, 0.1) is 11.7 Å². The maximum atomic E-state index is 14.0. The van der Waals surface area contributed by atoms with E-state index in [1.807, 2.05) is 25.1 Å². The second kappa shape index (κ2) is 12.8. The zero-order chi connectivity index (χ0) is 26.6. The summed E-state index contributed by atoms with van der Waals surface area (Å²) in [6, 6.07) is 16.0. The summed E-state index contributed by atoms with van der Waals surface area (Å²) in [7, 11) is 0. The predicted molar refractivity (Wildman–Crippen MR) is 143 cm³/mol. The zero-order valence-electron chi connectivity index (χ0n) is 22.8. The molecule has 1 atom stereocenters. The summed E-state index contributed by atoms with van der Waals surface area (Å²) in [4.78, 5) is 33.1. The Balaban J connectivity index is 0.00000353. The van der Waals surface area contributed by atoms with E-state index in [9.17, 15) is 14.0 Å². The van der Waals surface area contributed by atoms with Gasteiger partial charge in [0.1, 0.15) is 12.4 Å². The highest BCUT2D eigenvalue weighted by molar-refractivity contribution is 5.83. The first kappa shape index (κ1) is 29.5. The first-order chi connectivity index (χ1) is 18.4. The van der Waals surface area contributed by atoms with Gasteiger partial charge in [-0.25, -0.2) is 4.39 Å². The number of carbonyl (C=O) groups is 2. The van der Waals surface area contributed by atoms with Crippen LogP contribution < -0.4 is 21.8 Å². The Morgan fingerprint density at radius 1 is 1.00 bits per heavy atom. The average molecular weight is 604 g/mol. The van der Waals surface area contributed by atoms with Gasteiger partial charge in [0.2, 0.25) is 0 Å². The number of carbonyl (C=O) groups excluding carboxylic acids is 2. The summed E-state index contributed by atoms with van der Waals surface area (Å²) in [5, 5.41) is 1.32. The number of benzene rings is 2. The van der Waals surface area contributed by atoms with Gasteiger partial charge in [-0.1, -0.05) is 62.1 Å². The number of fused-ring (bicyclic) bond motifs is 3. The molecule has 0 aromatic heterocycles. The third-order valence-corrected chi connectivity index (χ3v) is 9.02. The number of halogens is 2. The van der Waals surface area contributed by atoms with Crippen molar-refractivity contribution in [3.05, 3.63) is 66.0 Å². The molecule has 39 heavy (non-hydrogen) atoms. The Bertz CT molecular complexity index is 1110. The Hall–Kier alpha value is -2.45. The smallest absolute Gasteiger partial charge is 0.317 e. The monoisotopic (exact) mass is 602 g/mol. The van der Waals surface area contributed by atoms with E-state index < -0.39 is 11.2 Å². The number of piperidine rings is 3. The van der Waals surface area contributed by atoms with Crippen molar-refractivity contribution in [1.82, 2.24) is 5.06 Å². The van der Waals surface area contributed by atoms with Gasteiger partial charge in [0.05, 0.1) is 25.0 Å². The third kappa shape index (κ3) is 6.49. The van der Waals surface area contributed by atoms with Crippen LogP contribution in [0.1, 0.15) is 63.9 Å². The van der Waals surface area contributed by atoms with Crippen molar-refractivity contribution in [2.75, 3.05) is 32.7 Å². The van der Waals surface area contributed by atoms with E-state index in [2.05, 4.69) is 12.1 Å². The molecule has 4 aliphatic rings. The van der Waals surface area contributed by atoms with E-state index >= 15 is 0 Å². The molecule has 8 heteroatoms. The number of amides is 1. The van der Waals surface area contributed by atoms with Crippen LogP contribution in [0.4, 0.5) is 4.39 Å². The fourth-order valence-corrected chi connectivity index (χ4v) is 6.84. The molecule has 1 aliphatic carbocycles. The van der Waals surface area contributed by atoms with E-state index in [0.29, 0.717) is 29.2 Å². The summed E-state index contributed by atoms with van der Waals surface area (Å²) in [5.74, 6) is 0.0280. The van der Waals surface area contributed by atoms with Gasteiger partial charge in [0, 0.05) is 24.8 Å². The molecule has 3 heterocycles. The third-order valence-electron chi connectivity index (χ3n) is 9.02. The molecule has 0 radical (unpaired) electrons. The molecule has 0 N–H and O–H groups in total. The number of ether oxygens (including phenoxy) is 1. The molecule has 3 saturated heterocycles. The Morgan fingerprint density at radius 2 is 1.69 bits per heavy atom. The number of rotatable bonds is 8. The minimum absolute atomic E-state index is 0. The molecule has 3 aliphatic heterocycles. The summed E-state index contributed by atoms with van der Waals surface area (Å²) < 4.78 is 20.7. The predicted octanol–water partition coefficient (Wildman–Crippen LogP) is 2.42. The zero-order valence-corrected chi connectivity index (χ0v) is 24.4. The fraction of sp³-hybridized carbons (Fsp3) is 0.548. The SMILES string of the molecule is CCN(Oc1cccc(F)c1)C(=O)C[N+]12CCC(CC1)C(OC(=O)C1(c3ccccc3)CCCCCC1)C2.[Br-]. The molecular weight excluding hydrogens is 563 g/mol. The molecule has 1 unspecified atom stereocenters. The van der Waals surface area contributed by atoms with Crippen LogP contribution in [0.25, 0.3) is 0 Å². The maximum Gasteiger partial charge on any atom is 0.317 e. The van der Waals surface area contributed by atoms with Crippen LogP contribution in [0.15, 0.2) is 54.6 Å². The van der Waals surface area contributed by atoms with Crippen LogP contribution in [-0.2, 0) is 19.7 Å². The molecule has 2 bridgehead atoms. The summed E-state index contributed by atoms with van der Waals surface area (Å²) in [5.41, 5.74) is 0.489. The first-order valence-corrected chi connectivity index (χ1v) is 14.3. The Kier molecular flexibility index (Phi) is 9.70. The Labute approximate surface area is 241 Å². The average Bonchev–Trinajstić information content (AvgIpc) is 3.20. The number of hydrogen-bond acceptors (Lipinski definition) is 4. The number of esters is 1. The van der Waals surface area contributed by atoms with Gasteiger partial charge in [-0.05, 0) is 37.5 Å². The summed E-state index contributed by atoms with van der Waals surface area (Å²) in [6.45, 7) is 4.94. The lowest BCUT2D eigenvalue weighted by Gasteiger charge is -2.52. The standard InChI is InChI=1S/C31H40FN2O4.BrH/c1-2-33(38-27-14-10-13-26(32)21-27)29(35)23-34-19-15-24(16-20-34)28(22-34)37-30(36)31(17-8-3-4-9-18-31)25-11-6-5-7-12-25;/h5-7,10-14,21,24,28H,2-4,8-9,15-20,22-23H2,1H3;1H/q+1;/p-1. The second-order valence-corrected chi connectivity index (χ2v) is 11.4. The van der Waals surface area contributed by atoms with Crippen molar-refractivity contribution in [3.63, 3.8) is 0 Å². The largest absolute Gasteiger partial charge is 1.00 e. The normalized spacial score (nSPS) is 25.6. The molecule has 0 spiro atoms. The molecule has 1 amide bonds. The van der Waals surface area contributed by atoms with Crippen LogP contribution >= 0.6 is 0 Å². The van der Waals surface area contributed by atoms with Gasteiger partial charge in [-0.15, -0.1) is 0 Å². The van der Waals surface area contributed by atoms with Gasteiger partial charge < -0.3 is 31.0 Å². The molecule has 2 aromatic carbocycles. The summed E-state index contributed by atoms with van der Waals surface area (Å²) in [6.07, 6.45) is 7.74. The number of nitrogens with zero attached hydrogens (tertiary/aromatic N) is 2. The van der Waals surface area contributed by atoms with E-state index in [-0.39, 0.29) is 41.5 Å². The fourth-order valence-electron chi connectivity index (χ4n) is 6.84. The number of likely N-dealkylation sites (N-methyl/N-ethyl adjacent to an activating group) is 1. The van der Waals surface area contributed by atoms with Crippen molar-refractivity contribution in [1.29, 1.82) is 0 Å². The lowest BCUT2D eigenvalue weighted by molar-refractivity contribution is -0.939. The first-order valence-electron chi connectivity index (χ1n) is 14.3. The molecule has 2 aromatic rings. The number of hydrogen-bond donors (Lipinski definition) is 0. The van der Waals surface area contributed by atoms with Crippen molar-refractivity contribution < 1.29 is 45.0 Å². The van der Waals surface area contributed by atoms with Crippen LogP contribution in [0.2, 0.25) is 0 Å². The minimum atomic E-state index is -0.581. The molecule has 6 nitrogen and oxygen atoms in total. The van der Waals surface area contributed by atoms with Gasteiger partial charge in [-0.2, -0.15) is 5.06 Å². The van der Waals surface area contributed by atoms with Gasteiger partial charge in [-0.3, -0.25) is 9.59 Å². The van der Waals surface area contributed by atoms with Crippen LogP contribution in [-0.4, -0.2) is 60.3 Å². The van der Waals surface area contributed by atoms with Crippen LogP contribution in [0.3, 0.4) is 0 Å². The highest BCUT2D eigenvalue weighted by Crippen LogP contribution is 2.42. The van der Waals surface area contributed by atoms with E-state index in [1.54, 1.807) is 12.1 Å². The topological polar surface area (TPSA) is 55.8 Å². The highest BCUT2D eigenvalue weighted by atomic mass is 79.9. The number of hydroxylamine groups is 2. The van der Waals surface area contributed by atoms with Crippen molar-refractivity contribution in [3.8, 4) is 5.75 Å². The van der Waals surface area contributed by atoms with Crippen LogP contribution in [0.5, 0.6) is 5.75 Å². The van der Waals surface area contributed by atoms with Crippen molar-refractivity contribution in [2.24, 2.45) is 5.92 Å². The van der Waals surface area contributed by atoms with Crippen molar-refractivity contribution >= 4 is 11.9 Å². The maximum absolute atomic E-state index is 14.0. The Morgan fingerprint density at radius 3 is 2.33 bits per heavy atom.